The van der Waals surface area contributed by atoms with Gasteiger partial charge in [0.05, 0.1) is 12.2 Å². The molecule has 1 aliphatic rings. The number of likely N-dealkylation sites (tertiary alicyclic amines) is 1. The van der Waals surface area contributed by atoms with Crippen molar-refractivity contribution in [2.45, 2.75) is 12.8 Å². The highest BCUT2D eigenvalue weighted by molar-refractivity contribution is 5.83. The van der Waals surface area contributed by atoms with Crippen molar-refractivity contribution in [3.05, 3.63) is 73.1 Å². The van der Waals surface area contributed by atoms with Gasteiger partial charge in [-0.25, -0.2) is 9.97 Å². The highest BCUT2D eigenvalue weighted by atomic mass is 16.5. The van der Waals surface area contributed by atoms with Crippen LogP contribution in [-0.2, 0) is 4.74 Å². The first kappa shape index (κ1) is 27.6. The standard InChI is InChI=1S/C30H40N6O2/c1-35(20-21-37-2)16-6-7-17-36-18-14-24(15-19-36)22-32-30-28(29(31)33-23-34-30)25-10-12-27(13-11-25)38-26-8-4-3-5-9-26/h3-13,23-24H,14-22H2,1-2H3,(H3,31,32,33,34)/b7-6+. The minimum Gasteiger partial charge on any atom is -0.457 e. The van der Waals surface area contributed by atoms with Crippen LogP contribution in [0.3, 0.4) is 0 Å². The summed E-state index contributed by atoms with van der Waals surface area (Å²) in [5, 5.41) is 3.56. The second-order valence-corrected chi connectivity index (χ2v) is 9.77. The van der Waals surface area contributed by atoms with Gasteiger partial charge in [-0.3, -0.25) is 4.90 Å². The van der Waals surface area contributed by atoms with E-state index in [-0.39, 0.29) is 0 Å². The average molecular weight is 517 g/mol. The van der Waals surface area contributed by atoms with Gasteiger partial charge < -0.3 is 25.4 Å². The van der Waals surface area contributed by atoms with Crippen molar-refractivity contribution in [1.29, 1.82) is 0 Å². The fourth-order valence-corrected chi connectivity index (χ4v) is 4.56. The fourth-order valence-electron chi connectivity index (χ4n) is 4.56. The quantitative estimate of drug-likeness (QED) is 0.314. The predicted molar refractivity (Wildman–Crippen MR) is 155 cm³/mol. The molecule has 0 radical (unpaired) electrons. The molecule has 1 aromatic heterocycles. The van der Waals surface area contributed by atoms with E-state index in [1.165, 1.54) is 6.33 Å². The van der Waals surface area contributed by atoms with E-state index >= 15 is 0 Å². The Bertz CT molecular complexity index is 1130. The summed E-state index contributed by atoms with van der Waals surface area (Å²) in [5.74, 6) is 3.41. The molecule has 0 spiro atoms. The van der Waals surface area contributed by atoms with Gasteiger partial charge in [-0.1, -0.05) is 42.5 Å². The minimum absolute atomic E-state index is 0.466. The number of likely N-dealkylation sites (N-methyl/N-ethyl adjacent to an activating group) is 1. The Labute approximate surface area is 226 Å². The lowest BCUT2D eigenvalue weighted by atomic mass is 9.96. The molecule has 3 aromatic rings. The Morgan fingerprint density at radius 1 is 1.03 bits per heavy atom. The Kier molecular flexibility index (Phi) is 10.5. The number of nitrogens with one attached hydrogen (secondary N) is 1. The third-order valence-electron chi connectivity index (χ3n) is 6.89. The number of nitrogens with two attached hydrogens (primary N) is 1. The molecule has 3 N–H and O–H groups in total. The van der Waals surface area contributed by atoms with E-state index in [1.807, 2.05) is 54.6 Å². The summed E-state index contributed by atoms with van der Waals surface area (Å²) < 4.78 is 11.1. The van der Waals surface area contributed by atoms with Crippen molar-refractivity contribution in [2.24, 2.45) is 5.92 Å². The number of methoxy groups -OCH3 is 1. The molecule has 0 amide bonds. The normalized spacial score (nSPS) is 14.8. The number of anilines is 2. The molecule has 0 atom stereocenters. The van der Waals surface area contributed by atoms with Crippen molar-refractivity contribution in [3.8, 4) is 22.6 Å². The maximum absolute atomic E-state index is 6.30. The van der Waals surface area contributed by atoms with Crippen LogP contribution in [0.15, 0.2) is 73.1 Å². The van der Waals surface area contributed by atoms with E-state index in [9.17, 15) is 0 Å². The zero-order valence-electron chi connectivity index (χ0n) is 22.6. The third kappa shape index (κ3) is 8.28. The largest absolute Gasteiger partial charge is 0.457 e. The van der Waals surface area contributed by atoms with Crippen LogP contribution in [-0.4, -0.2) is 79.8 Å². The minimum atomic E-state index is 0.466. The maximum Gasteiger partial charge on any atom is 0.139 e. The Balaban J connectivity index is 1.26. The number of ether oxygens (including phenoxy) is 2. The van der Waals surface area contributed by atoms with Crippen LogP contribution in [0.5, 0.6) is 11.5 Å². The first-order valence-electron chi connectivity index (χ1n) is 13.3. The summed E-state index contributed by atoms with van der Waals surface area (Å²) >= 11 is 0. The Morgan fingerprint density at radius 2 is 1.76 bits per heavy atom. The molecule has 1 aliphatic heterocycles. The number of piperidine rings is 1. The van der Waals surface area contributed by atoms with E-state index in [4.69, 9.17) is 15.2 Å². The first-order chi connectivity index (χ1) is 18.6. The summed E-state index contributed by atoms with van der Waals surface area (Å²) in [4.78, 5) is 13.6. The van der Waals surface area contributed by atoms with Gasteiger partial charge in [-0.2, -0.15) is 0 Å². The highest BCUT2D eigenvalue weighted by Gasteiger charge is 2.20. The molecule has 8 nitrogen and oxygen atoms in total. The van der Waals surface area contributed by atoms with Gasteiger partial charge in [0.1, 0.15) is 29.5 Å². The fraction of sp³-hybridized carbons (Fsp3) is 0.400. The number of nitrogen functional groups attached to an aromatic ring is 1. The van der Waals surface area contributed by atoms with Gasteiger partial charge in [-0.15, -0.1) is 0 Å². The molecule has 2 aromatic carbocycles. The second kappa shape index (κ2) is 14.5. The highest BCUT2D eigenvalue weighted by Crippen LogP contribution is 2.33. The SMILES string of the molecule is COCCN(C)C/C=C/CN1CCC(CNc2ncnc(N)c2-c2ccc(Oc3ccccc3)cc2)CC1. The smallest absolute Gasteiger partial charge is 0.139 e. The predicted octanol–water partition coefficient (Wildman–Crippen LogP) is 4.78. The zero-order chi connectivity index (χ0) is 26.6. The molecule has 8 heteroatoms. The Hall–Kier alpha value is -3.46. The Morgan fingerprint density at radius 3 is 2.50 bits per heavy atom. The summed E-state index contributed by atoms with van der Waals surface area (Å²) in [6.45, 7) is 6.77. The van der Waals surface area contributed by atoms with E-state index in [0.717, 1.165) is 87.2 Å². The van der Waals surface area contributed by atoms with Crippen molar-refractivity contribution in [3.63, 3.8) is 0 Å². The number of hydrogen-bond donors (Lipinski definition) is 2. The van der Waals surface area contributed by atoms with Crippen LogP contribution < -0.4 is 15.8 Å². The first-order valence-corrected chi connectivity index (χ1v) is 13.3. The summed E-state index contributed by atoms with van der Waals surface area (Å²) in [7, 11) is 3.86. The van der Waals surface area contributed by atoms with Crippen LogP contribution in [0.1, 0.15) is 12.8 Å². The van der Waals surface area contributed by atoms with E-state index in [1.54, 1.807) is 7.11 Å². The molecule has 202 valence electrons. The molecule has 1 fully saturated rings. The van der Waals surface area contributed by atoms with Gasteiger partial charge in [0.25, 0.3) is 0 Å². The molecule has 4 rings (SSSR count). The van der Waals surface area contributed by atoms with Crippen LogP contribution in [0, 0.1) is 5.92 Å². The molecule has 1 saturated heterocycles. The maximum atomic E-state index is 6.30. The molecule has 2 heterocycles. The molecular weight excluding hydrogens is 476 g/mol. The molecular formula is C30H40N6O2. The molecule has 0 bridgehead atoms. The zero-order valence-corrected chi connectivity index (χ0v) is 22.6. The van der Waals surface area contributed by atoms with Gasteiger partial charge >= 0.3 is 0 Å². The van der Waals surface area contributed by atoms with Crippen molar-refractivity contribution in [2.75, 3.05) is 71.1 Å². The number of nitrogens with zero attached hydrogens (tertiary/aromatic N) is 4. The van der Waals surface area contributed by atoms with Crippen LogP contribution >= 0.6 is 0 Å². The molecule has 38 heavy (non-hydrogen) atoms. The van der Waals surface area contributed by atoms with Crippen LogP contribution in [0.25, 0.3) is 11.1 Å². The van der Waals surface area contributed by atoms with Gasteiger partial charge in [0, 0.05) is 33.3 Å². The average Bonchev–Trinajstić information content (AvgIpc) is 2.95. The number of para-hydroxylation sites is 1. The lowest BCUT2D eigenvalue weighted by molar-refractivity contribution is 0.166. The van der Waals surface area contributed by atoms with E-state index in [2.05, 4.69) is 44.3 Å². The monoisotopic (exact) mass is 516 g/mol. The summed E-state index contributed by atoms with van der Waals surface area (Å²) in [6, 6.07) is 17.6. The van der Waals surface area contributed by atoms with E-state index in [0.29, 0.717) is 11.7 Å². The molecule has 0 saturated carbocycles. The number of rotatable bonds is 13. The van der Waals surface area contributed by atoms with E-state index < -0.39 is 0 Å². The summed E-state index contributed by atoms with van der Waals surface area (Å²) in [5.41, 5.74) is 8.09. The molecule has 0 aliphatic carbocycles. The van der Waals surface area contributed by atoms with Gasteiger partial charge in [0.2, 0.25) is 0 Å². The van der Waals surface area contributed by atoms with Gasteiger partial charge in [0.15, 0.2) is 0 Å². The third-order valence-corrected chi connectivity index (χ3v) is 6.89. The van der Waals surface area contributed by atoms with Crippen molar-refractivity contribution in [1.82, 2.24) is 19.8 Å². The van der Waals surface area contributed by atoms with Crippen molar-refractivity contribution < 1.29 is 9.47 Å². The molecule has 0 unspecified atom stereocenters. The number of benzene rings is 2. The second-order valence-electron chi connectivity index (χ2n) is 9.77. The lowest BCUT2D eigenvalue weighted by Crippen LogP contribution is -2.36. The topological polar surface area (TPSA) is 88.8 Å². The van der Waals surface area contributed by atoms with Crippen LogP contribution in [0.2, 0.25) is 0 Å². The van der Waals surface area contributed by atoms with Crippen LogP contribution in [0.4, 0.5) is 11.6 Å². The number of aromatic nitrogens is 2. The van der Waals surface area contributed by atoms with Crippen molar-refractivity contribution >= 4 is 11.6 Å². The summed E-state index contributed by atoms with van der Waals surface area (Å²) in [6.07, 6.45) is 8.39. The lowest BCUT2D eigenvalue weighted by Gasteiger charge is -2.31. The number of hydrogen-bond acceptors (Lipinski definition) is 8. The van der Waals surface area contributed by atoms with Gasteiger partial charge in [-0.05, 0) is 68.7 Å².